The van der Waals surface area contributed by atoms with Gasteiger partial charge in [0.2, 0.25) is 0 Å². The lowest BCUT2D eigenvalue weighted by Crippen LogP contribution is -2.27. The highest BCUT2D eigenvalue weighted by molar-refractivity contribution is 9.10. The first-order valence-electron chi connectivity index (χ1n) is 10.1. The van der Waals surface area contributed by atoms with Gasteiger partial charge in [-0.05, 0) is 61.9 Å². The fourth-order valence-electron chi connectivity index (χ4n) is 4.27. The molecule has 5 nitrogen and oxygen atoms in total. The maximum absolute atomic E-state index is 12.1. The number of hydrogen-bond acceptors (Lipinski definition) is 4. The summed E-state index contributed by atoms with van der Waals surface area (Å²) < 4.78 is 6.89. The fraction of sp³-hybridized carbons (Fsp3) is 0.391. The summed E-state index contributed by atoms with van der Waals surface area (Å²) in [6.07, 6.45) is 2.01. The number of halogens is 1. The molecule has 0 spiro atoms. The second-order valence-electron chi connectivity index (χ2n) is 7.77. The zero-order valence-electron chi connectivity index (χ0n) is 16.2. The second kappa shape index (κ2) is 8.98. The van der Waals surface area contributed by atoms with Crippen LogP contribution in [0.5, 0.6) is 5.75 Å². The van der Waals surface area contributed by atoms with Gasteiger partial charge in [0.25, 0.3) is 5.91 Å². The molecule has 2 aliphatic heterocycles. The van der Waals surface area contributed by atoms with Crippen molar-refractivity contribution in [2.75, 3.05) is 32.8 Å². The van der Waals surface area contributed by atoms with Gasteiger partial charge in [-0.25, -0.2) is 0 Å². The molecule has 2 aliphatic rings. The molecule has 1 N–H and O–H groups in total. The van der Waals surface area contributed by atoms with Gasteiger partial charge in [-0.15, -0.1) is 0 Å². The lowest BCUT2D eigenvalue weighted by atomic mass is 9.86. The fourth-order valence-corrected chi connectivity index (χ4v) is 4.53. The van der Waals surface area contributed by atoms with Crippen LogP contribution in [0.4, 0.5) is 0 Å². The van der Waals surface area contributed by atoms with E-state index < -0.39 is 0 Å². The van der Waals surface area contributed by atoms with Gasteiger partial charge in [0.1, 0.15) is 5.75 Å². The third kappa shape index (κ3) is 4.63. The summed E-state index contributed by atoms with van der Waals surface area (Å²) in [5.74, 6) is 1.85. The van der Waals surface area contributed by atoms with Crippen LogP contribution in [0.25, 0.3) is 0 Å². The Morgan fingerprint density at radius 1 is 1.21 bits per heavy atom. The summed E-state index contributed by atoms with van der Waals surface area (Å²) in [6.45, 7) is 4.51. The van der Waals surface area contributed by atoms with E-state index in [-0.39, 0.29) is 5.91 Å². The van der Waals surface area contributed by atoms with Gasteiger partial charge >= 0.3 is 0 Å². The molecule has 29 heavy (non-hydrogen) atoms. The molecule has 0 aliphatic carbocycles. The first kappa shape index (κ1) is 19.9. The molecule has 2 atom stereocenters. The van der Waals surface area contributed by atoms with E-state index in [0.29, 0.717) is 29.5 Å². The van der Waals surface area contributed by atoms with Crippen LogP contribution in [0.1, 0.15) is 40.2 Å². The molecular weight excluding hydrogens is 430 g/mol. The maximum atomic E-state index is 12.1. The molecule has 4 rings (SSSR count). The molecule has 0 saturated carbocycles. The first-order valence-corrected chi connectivity index (χ1v) is 10.9. The molecule has 1 saturated heterocycles. The Kier molecular flexibility index (Phi) is 6.17. The Morgan fingerprint density at radius 3 is 2.83 bits per heavy atom. The van der Waals surface area contributed by atoms with Gasteiger partial charge in [-0.2, -0.15) is 5.26 Å². The standard InChI is InChI=1S/C23H24BrN3O2/c24-19-6-4-17(5-7-19)23(28)26-9-1-2-10-27-13-18-15-29-22-8-3-16(12-25)11-20(22)21(18)14-27/h3-8,11,18,21H,1-2,9-10,13-15H2,(H,26,28)/t18-,21+/m0/s1. The van der Waals surface area contributed by atoms with E-state index >= 15 is 0 Å². The van der Waals surface area contributed by atoms with Crippen molar-refractivity contribution in [1.82, 2.24) is 10.2 Å². The normalized spacial score (nSPS) is 20.3. The number of nitrogens with one attached hydrogen (secondary N) is 1. The molecule has 2 heterocycles. The number of benzene rings is 2. The molecule has 1 fully saturated rings. The van der Waals surface area contributed by atoms with E-state index in [1.807, 2.05) is 42.5 Å². The van der Waals surface area contributed by atoms with Gasteiger partial charge in [0.05, 0.1) is 18.2 Å². The topological polar surface area (TPSA) is 65.4 Å². The van der Waals surface area contributed by atoms with Crippen molar-refractivity contribution in [3.05, 3.63) is 63.6 Å². The van der Waals surface area contributed by atoms with E-state index in [1.54, 1.807) is 0 Å². The molecule has 0 bridgehead atoms. The second-order valence-corrected chi connectivity index (χ2v) is 8.69. The van der Waals surface area contributed by atoms with Gasteiger partial charge in [0, 0.05) is 47.1 Å². The van der Waals surface area contributed by atoms with Crippen molar-refractivity contribution in [2.24, 2.45) is 5.92 Å². The van der Waals surface area contributed by atoms with Crippen LogP contribution >= 0.6 is 15.9 Å². The van der Waals surface area contributed by atoms with Crippen LogP contribution < -0.4 is 10.1 Å². The molecule has 1 amide bonds. The molecule has 0 radical (unpaired) electrons. The van der Waals surface area contributed by atoms with Crippen molar-refractivity contribution in [3.63, 3.8) is 0 Å². The minimum absolute atomic E-state index is 0.0215. The Bertz CT molecular complexity index is 923. The van der Waals surface area contributed by atoms with E-state index in [9.17, 15) is 10.1 Å². The highest BCUT2D eigenvalue weighted by atomic mass is 79.9. The van der Waals surface area contributed by atoms with Gasteiger partial charge < -0.3 is 15.0 Å². The van der Waals surface area contributed by atoms with Crippen molar-refractivity contribution in [3.8, 4) is 11.8 Å². The summed E-state index contributed by atoms with van der Waals surface area (Å²) >= 11 is 3.38. The zero-order valence-corrected chi connectivity index (χ0v) is 17.8. The maximum Gasteiger partial charge on any atom is 0.251 e. The monoisotopic (exact) mass is 453 g/mol. The van der Waals surface area contributed by atoms with Gasteiger partial charge in [-0.3, -0.25) is 4.79 Å². The predicted molar refractivity (Wildman–Crippen MR) is 115 cm³/mol. The number of carbonyl (C=O) groups is 1. The summed E-state index contributed by atoms with van der Waals surface area (Å²) in [4.78, 5) is 14.6. The lowest BCUT2D eigenvalue weighted by Gasteiger charge is -2.27. The predicted octanol–water partition coefficient (Wildman–Crippen LogP) is 3.94. The van der Waals surface area contributed by atoms with Crippen LogP contribution in [-0.4, -0.2) is 43.6 Å². The average molecular weight is 454 g/mol. The third-order valence-corrected chi connectivity index (χ3v) is 6.33. The number of nitriles is 1. The molecule has 150 valence electrons. The average Bonchev–Trinajstić information content (AvgIpc) is 3.17. The van der Waals surface area contributed by atoms with Gasteiger partial charge in [0.15, 0.2) is 0 Å². The molecule has 6 heteroatoms. The van der Waals surface area contributed by atoms with E-state index in [4.69, 9.17) is 4.74 Å². The van der Waals surface area contributed by atoms with Crippen LogP contribution in [-0.2, 0) is 0 Å². The number of rotatable bonds is 6. The SMILES string of the molecule is N#Cc1ccc2c(c1)[C@@H]1CN(CCCCNC(=O)c3ccc(Br)cc3)C[C@H]1CO2. The number of carbonyl (C=O) groups excluding carboxylic acids is 1. The Morgan fingerprint density at radius 2 is 2.03 bits per heavy atom. The minimum Gasteiger partial charge on any atom is -0.493 e. The summed E-state index contributed by atoms with van der Waals surface area (Å²) in [7, 11) is 0. The Balaban J connectivity index is 1.22. The van der Waals surface area contributed by atoms with Gasteiger partial charge in [-0.1, -0.05) is 15.9 Å². The number of nitrogens with zero attached hydrogens (tertiary/aromatic N) is 2. The van der Waals surface area contributed by atoms with Crippen LogP contribution in [0.15, 0.2) is 46.9 Å². The highest BCUT2D eigenvalue weighted by Crippen LogP contribution is 2.41. The molecule has 0 unspecified atom stereocenters. The van der Waals surface area contributed by atoms with E-state index in [1.165, 1.54) is 5.56 Å². The number of amides is 1. The Labute approximate surface area is 179 Å². The molecule has 0 aromatic heterocycles. The summed E-state index contributed by atoms with van der Waals surface area (Å²) in [6, 6.07) is 15.4. The van der Waals surface area contributed by atoms with E-state index in [2.05, 4.69) is 32.2 Å². The highest BCUT2D eigenvalue weighted by Gasteiger charge is 2.38. The zero-order chi connectivity index (χ0) is 20.2. The number of ether oxygens (including phenoxy) is 1. The molecule has 2 aromatic carbocycles. The van der Waals surface area contributed by atoms with E-state index in [0.717, 1.165) is 49.3 Å². The minimum atomic E-state index is -0.0215. The van der Waals surface area contributed by atoms with Crippen molar-refractivity contribution < 1.29 is 9.53 Å². The lowest BCUT2D eigenvalue weighted by molar-refractivity contribution is 0.0952. The summed E-state index contributed by atoms with van der Waals surface area (Å²) in [5, 5.41) is 12.2. The molecular formula is C23H24BrN3O2. The van der Waals surface area contributed by atoms with Crippen LogP contribution in [0.2, 0.25) is 0 Å². The third-order valence-electron chi connectivity index (χ3n) is 5.80. The smallest absolute Gasteiger partial charge is 0.251 e. The van der Waals surface area contributed by atoms with Crippen molar-refractivity contribution in [1.29, 1.82) is 5.26 Å². The van der Waals surface area contributed by atoms with Crippen LogP contribution in [0, 0.1) is 17.2 Å². The first-order chi connectivity index (χ1) is 14.1. The molecule has 2 aromatic rings. The quantitative estimate of drug-likeness (QED) is 0.672. The number of likely N-dealkylation sites (tertiary alicyclic amines) is 1. The van der Waals surface area contributed by atoms with Crippen molar-refractivity contribution >= 4 is 21.8 Å². The number of unbranched alkanes of at least 4 members (excludes halogenated alkanes) is 1. The van der Waals surface area contributed by atoms with Crippen molar-refractivity contribution in [2.45, 2.75) is 18.8 Å². The number of fused-ring (bicyclic) bond motifs is 3. The summed E-state index contributed by atoms with van der Waals surface area (Å²) in [5.41, 5.74) is 2.57. The van der Waals surface area contributed by atoms with Crippen LogP contribution in [0.3, 0.4) is 0 Å². The number of hydrogen-bond donors (Lipinski definition) is 1. The Hall–Kier alpha value is -2.36. The largest absolute Gasteiger partial charge is 0.493 e.